The van der Waals surface area contributed by atoms with Gasteiger partial charge in [-0.15, -0.1) is 0 Å². The zero-order valence-corrected chi connectivity index (χ0v) is 16.5. The second-order valence-electron chi connectivity index (χ2n) is 7.14. The molecule has 2 amide bonds. The van der Waals surface area contributed by atoms with Gasteiger partial charge in [0.05, 0.1) is 6.33 Å². The number of amides is 2. The van der Waals surface area contributed by atoms with Crippen molar-refractivity contribution in [2.75, 3.05) is 11.9 Å². The van der Waals surface area contributed by atoms with Crippen molar-refractivity contribution in [1.29, 1.82) is 0 Å². The lowest BCUT2D eigenvalue weighted by atomic mass is 10.0. The first-order chi connectivity index (χ1) is 13.6. The maximum atomic E-state index is 12.9. The molecule has 146 valence electrons. The van der Waals surface area contributed by atoms with Crippen LogP contribution in [0.2, 0.25) is 0 Å². The summed E-state index contributed by atoms with van der Waals surface area (Å²) in [5.41, 5.74) is 3.07. The van der Waals surface area contributed by atoms with Crippen LogP contribution in [-0.4, -0.2) is 32.0 Å². The van der Waals surface area contributed by atoms with Crippen molar-refractivity contribution >= 4 is 11.7 Å². The third-order valence-corrected chi connectivity index (χ3v) is 4.62. The molecule has 2 aromatic heterocycles. The molecular formula is C22H27N5O. The monoisotopic (exact) mass is 377 g/mol. The fourth-order valence-corrected chi connectivity index (χ4v) is 2.98. The van der Waals surface area contributed by atoms with E-state index in [-0.39, 0.29) is 6.03 Å². The number of hydrogen-bond donors (Lipinski definition) is 1. The van der Waals surface area contributed by atoms with E-state index in [0.29, 0.717) is 19.0 Å². The molecule has 0 atom stereocenters. The van der Waals surface area contributed by atoms with Crippen molar-refractivity contribution in [3.63, 3.8) is 0 Å². The SMILES string of the molecule is CC(C)c1ccc(NC(=O)N(CCCn2ccnc2)Cc2cccnc2)cc1. The molecule has 3 rings (SSSR count). The van der Waals surface area contributed by atoms with E-state index < -0.39 is 0 Å². The molecule has 0 aliphatic carbocycles. The van der Waals surface area contributed by atoms with Gasteiger partial charge in [0.1, 0.15) is 0 Å². The van der Waals surface area contributed by atoms with Crippen LogP contribution in [-0.2, 0) is 13.1 Å². The largest absolute Gasteiger partial charge is 0.337 e. The average molecular weight is 377 g/mol. The number of urea groups is 1. The maximum absolute atomic E-state index is 12.9. The lowest BCUT2D eigenvalue weighted by Gasteiger charge is -2.23. The molecule has 28 heavy (non-hydrogen) atoms. The molecule has 0 fully saturated rings. The molecular weight excluding hydrogens is 350 g/mol. The summed E-state index contributed by atoms with van der Waals surface area (Å²) in [7, 11) is 0. The first kappa shape index (κ1) is 19.6. The molecule has 6 nitrogen and oxygen atoms in total. The maximum Gasteiger partial charge on any atom is 0.322 e. The van der Waals surface area contributed by atoms with Gasteiger partial charge in [0.15, 0.2) is 0 Å². The first-order valence-corrected chi connectivity index (χ1v) is 9.62. The Hall–Kier alpha value is -3.15. The molecule has 2 heterocycles. The van der Waals surface area contributed by atoms with Gasteiger partial charge in [-0.3, -0.25) is 4.98 Å². The molecule has 0 aliphatic rings. The van der Waals surface area contributed by atoms with Gasteiger partial charge in [0.25, 0.3) is 0 Å². The van der Waals surface area contributed by atoms with Crippen LogP contribution in [0.15, 0.2) is 67.5 Å². The first-order valence-electron chi connectivity index (χ1n) is 9.62. The summed E-state index contributed by atoms with van der Waals surface area (Å²) in [6.07, 6.45) is 9.87. The molecule has 0 radical (unpaired) electrons. The number of pyridine rings is 1. The average Bonchev–Trinajstić information content (AvgIpc) is 3.22. The van der Waals surface area contributed by atoms with E-state index in [1.54, 1.807) is 24.9 Å². The molecule has 6 heteroatoms. The number of carbonyl (C=O) groups excluding carboxylic acids is 1. The van der Waals surface area contributed by atoms with Gasteiger partial charge < -0.3 is 14.8 Å². The number of benzene rings is 1. The number of nitrogens with one attached hydrogen (secondary N) is 1. The van der Waals surface area contributed by atoms with Gasteiger partial charge in [-0.1, -0.05) is 32.0 Å². The summed E-state index contributed by atoms with van der Waals surface area (Å²) >= 11 is 0. The number of rotatable bonds is 8. The lowest BCUT2D eigenvalue weighted by molar-refractivity contribution is 0.207. The third-order valence-electron chi connectivity index (χ3n) is 4.62. The van der Waals surface area contributed by atoms with Crippen molar-refractivity contribution in [1.82, 2.24) is 19.4 Å². The Morgan fingerprint density at radius 1 is 1.14 bits per heavy atom. The van der Waals surface area contributed by atoms with Gasteiger partial charge >= 0.3 is 6.03 Å². The normalized spacial score (nSPS) is 10.8. The van der Waals surface area contributed by atoms with Crippen LogP contribution in [0.25, 0.3) is 0 Å². The Morgan fingerprint density at radius 2 is 1.96 bits per heavy atom. The van der Waals surface area contributed by atoms with Crippen LogP contribution in [0.4, 0.5) is 10.5 Å². The number of nitrogens with zero attached hydrogens (tertiary/aromatic N) is 4. The second-order valence-corrected chi connectivity index (χ2v) is 7.14. The minimum Gasteiger partial charge on any atom is -0.337 e. The highest BCUT2D eigenvalue weighted by molar-refractivity contribution is 5.89. The lowest BCUT2D eigenvalue weighted by Crippen LogP contribution is -2.35. The second kappa shape index (κ2) is 9.69. The highest BCUT2D eigenvalue weighted by Crippen LogP contribution is 2.18. The molecule has 0 unspecified atom stereocenters. The van der Waals surface area contributed by atoms with Crippen molar-refractivity contribution < 1.29 is 4.79 Å². The Balaban J connectivity index is 1.64. The van der Waals surface area contributed by atoms with Crippen LogP contribution in [0.5, 0.6) is 0 Å². The Kier molecular flexibility index (Phi) is 6.78. The number of imidazole rings is 1. The molecule has 0 spiro atoms. The molecule has 1 N–H and O–H groups in total. The minimum atomic E-state index is -0.105. The minimum absolute atomic E-state index is 0.105. The van der Waals surface area contributed by atoms with Crippen molar-refractivity contribution in [2.45, 2.75) is 39.3 Å². The Bertz CT molecular complexity index is 844. The number of aryl methyl sites for hydroxylation is 1. The summed E-state index contributed by atoms with van der Waals surface area (Å²) in [5.74, 6) is 0.468. The predicted octanol–water partition coefficient (Wildman–Crippen LogP) is 4.53. The van der Waals surface area contributed by atoms with E-state index in [9.17, 15) is 4.79 Å². The van der Waals surface area contributed by atoms with Gasteiger partial charge in [-0.25, -0.2) is 9.78 Å². The van der Waals surface area contributed by atoms with Gasteiger partial charge in [0.2, 0.25) is 0 Å². The quantitative estimate of drug-likeness (QED) is 0.627. The Morgan fingerprint density at radius 3 is 2.61 bits per heavy atom. The van der Waals surface area contributed by atoms with Gasteiger partial charge in [-0.2, -0.15) is 0 Å². The molecule has 0 aliphatic heterocycles. The number of anilines is 1. The summed E-state index contributed by atoms with van der Waals surface area (Å²) in [6, 6.07) is 11.8. The van der Waals surface area contributed by atoms with Gasteiger partial charge in [-0.05, 0) is 41.7 Å². The zero-order valence-electron chi connectivity index (χ0n) is 16.5. The number of hydrogen-bond acceptors (Lipinski definition) is 3. The van der Waals surface area contributed by atoms with E-state index in [2.05, 4.69) is 41.3 Å². The summed E-state index contributed by atoms with van der Waals surface area (Å²) < 4.78 is 2.02. The molecule has 0 saturated heterocycles. The van der Waals surface area contributed by atoms with E-state index in [4.69, 9.17) is 0 Å². The number of aromatic nitrogens is 3. The summed E-state index contributed by atoms with van der Waals surface area (Å²) in [6.45, 7) is 6.30. The smallest absolute Gasteiger partial charge is 0.322 e. The van der Waals surface area contributed by atoms with E-state index in [0.717, 1.165) is 24.2 Å². The fraction of sp³-hybridized carbons (Fsp3) is 0.318. The van der Waals surface area contributed by atoms with Crippen LogP contribution in [0.3, 0.4) is 0 Å². The van der Waals surface area contributed by atoms with Gasteiger partial charge in [0, 0.05) is 50.1 Å². The topological polar surface area (TPSA) is 63.1 Å². The van der Waals surface area contributed by atoms with Crippen LogP contribution in [0, 0.1) is 0 Å². The van der Waals surface area contributed by atoms with E-state index >= 15 is 0 Å². The fourth-order valence-electron chi connectivity index (χ4n) is 2.98. The number of carbonyl (C=O) groups is 1. The van der Waals surface area contributed by atoms with Crippen molar-refractivity contribution in [3.05, 3.63) is 78.6 Å². The highest BCUT2D eigenvalue weighted by Gasteiger charge is 2.14. The standard InChI is InChI=1S/C22H27N5O/c1-18(2)20-6-8-21(9-7-20)25-22(28)27(16-19-5-3-10-23-15-19)13-4-12-26-14-11-24-17-26/h3,5-11,14-15,17-18H,4,12-13,16H2,1-2H3,(H,25,28). The van der Waals surface area contributed by atoms with Crippen molar-refractivity contribution in [2.24, 2.45) is 0 Å². The summed E-state index contributed by atoms with van der Waals surface area (Å²) in [4.78, 5) is 22.9. The summed E-state index contributed by atoms with van der Waals surface area (Å²) in [5, 5.41) is 3.02. The van der Waals surface area contributed by atoms with E-state index in [1.165, 1.54) is 5.56 Å². The molecule has 0 saturated carbocycles. The van der Waals surface area contributed by atoms with Crippen LogP contribution < -0.4 is 5.32 Å². The molecule has 3 aromatic rings. The van der Waals surface area contributed by atoms with Crippen molar-refractivity contribution in [3.8, 4) is 0 Å². The molecule has 0 bridgehead atoms. The van der Waals surface area contributed by atoms with E-state index in [1.807, 2.05) is 39.9 Å². The highest BCUT2D eigenvalue weighted by atomic mass is 16.2. The predicted molar refractivity (Wildman–Crippen MR) is 111 cm³/mol. The van der Waals surface area contributed by atoms with Crippen LogP contribution >= 0.6 is 0 Å². The van der Waals surface area contributed by atoms with Crippen LogP contribution in [0.1, 0.15) is 37.3 Å². The Labute approximate surface area is 166 Å². The molecule has 1 aromatic carbocycles. The zero-order chi connectivity index (χ0) is 19.8. The third kappa shape index (κ3) is 5.67.